The zero-order valence-electron chi connectivity index (χ0n) is 16.7. The summed E-state index contributed by atoms with van der Waals surface area (Å²) >= 11 is 9.32. The maximum Gasteiger partial charge on any atom is 0.277 e. The van der Waals surface area contributed by atoms with E-state index in [-0.39, 0.29) is 12.5 Å². The van der Waals surface area contributed by atoms with Gasteiger partial charge in [0.05, 0.1) is 17.8 Å². The maximum absolute atomic E-state index is 11.9. The van der Waals surface area contributed by atoms with Gasteiger partial charge in [0.15, 0.2) is 18.1 Å². The molecule has 6 nitrogen and oxygen atoms in total. The molecule has 3 aromatic rings. The third kappa shape index (κ3) is 7.01. The van der Waals surface area contributed by atoms with Gasteiger partial charge >= 0.3 is 0 Å². The number of methoxy groups -OCH3 is 1. The first-order valence-corrected chi connectivity index (χ1v) is 10.5. The summed E-state index contributed by atoms with van der Waals surface area (Å²) in [5.41, 5.74) is 4.19. The van der Waals surface area contributed by atoms with Gasteiger partial charge in [0.1, 0.15) is 12.4 Å². The molecule has 3 aromatic carbocycles. The van der Waals surface area contributed by atoms with Gasteiger partial charge in [0.2, 0.25) is 0 Å². The Morgan fingerprint density at radius 3 is 2.55 bits per heavy atom. The number of nitrogens with zero attached hydrogens (tertiary/aromatic N) is 1. The Morgan fingerprint density at radius 1 is 1.10 bits per heavy atom. The fraction of sp³-hybridized carbons (Fsp3) is 0.130. The van der Waals surface area contributed by atoms with Gasteiger partial charge in [-0.05, 0) is 63.5 Å². The largest absolute Gasteiger partial charge is 0.493 e. The first-order valence-electron chi connectivity index (χ1n) is 9.29. The molecule has 0 atom stereocenters. The average molecular weight is 504 g/mol. The molecule has 31 heavy (non-hydrogen) atoms. The highest BCUT2D eigenvalue weighted by Crippen LogP contribution is 2.36. The fourth-order valence-electron chi connectivity index (χ4n) is 2.57. The van der Waals surface area contributed by atoms with E-state index in [1.54, 1.807) is 37.4 Å². The van der Waals surface area contributed by atoms with Gasteiger partial charge in [-0.1, -0.05) is 41.9 Å². The highest BCUT2D eigenvalue weighted by atomic mass is 79.9. The van der Waals surface area contributed by atoms with Crippen LogP contribution in [0.1, 0.15) is 11.1 Å². The minimum absolute atomic E-state index is 0.168. The number of nitrogens with one attached hydrogen (secondary N) is 1. The smallest absolute Gasteiger partial charge is 0.277 e. The molecule has 1 amide bonds. The van der Waals surface area contributed by atoms with Crippen molar-refractivity contribution >= 4 is 39.7 Å². The van der Waals surface area contributed by atoms with Crippen molar-refractivity contribution in [3.63, 3.8) is 0 Å². The SMILES string of the molecule is COc1cc(/C=N\NC(=O)COc2ccc(Cl)cc2)cc(Br)c1OCc1ccccc1. The summed E-state index contributed by atoms with van der Waals surface area (Å²) in [5.74, 6) is 1.29. The van der Waals surface area contributed by atoms with E-state index in [0.29, 0.717) is 33.4 Å². The van der Waals surface area contributed by atoms with Crippen molar-refractivity contribution in [2.75, 3.05) is 13.7 Å². The third-order valence-corrected chi connectivity index (χ3v) is 4.91. The van der Waals surface area contributed by atoms with Crippen molar-refractivity contribution in [1.29, 1.82) is 0 Å². The van der Waals surface area contributed by atoms with Gasteiger partial charge in [0.25, 0.3) is 5.91 Å². The van der Waals surface area contributed by atoms with E-state index in [1.165, 1.54) is 6.21 Å². The van der Waals surface area contributed by atoms with E-state index in [1.807, 2.05) is 36.4 Å². The molecular formula is C23H20BrClN2O4. The van der Waals surface area contributed by atoms with E-state index < -0.39 is 0 Å². The molecule has 3 rings (SSSR count). The van der Waals surface area contributed by atoms with Gasteiger partial charge in [-0.2, -0.15) is 5.10 Å². The van der Waals surface area contributed by atoms with Gasteiger partial charge in [0, 0.05) is 5.02 Å². The van der Waals surface area contributed by atoms with Crippen molar-refractivity contribution in [1.82, 2.24) is 5.43 Å². The van der Waals surface area contributed by atoms with E-state index in [0.717, 1.165) is 11.1 Å². The predicted octanol–water partition coefficient (Wildman–Crippen LogP) is 5.22. The Hall–Kier alpha value is -3.03. The van der Waals surface area contributed by atoms with Crippen LogP contribution in [-0.4, -0.2) is 25.8 Å². The van der Waals surface area contributed by atoms with E-state index >= 15 is 0 Å². The topological polar surface area (TPSA) is 69.2 Å². The number of hydrazone groups is 1. The molecule has 0 bridgehead atoms. The van der Waals surface area contributed by atoms with Gasteiger partial charge < -0.3 is 14.2 Å². The number of ether oxygens (including phenoxy) is 3. The zero-order valence-corrected chi connectivity index (χ0v) is 19.0. The highest BCUT2D eigenvalue weighted by Gasteiger charge is 2.11. The highest BCUT2D eigenvalue weighted by molar-refractivity contribution is 9.10. The Balaban J connectivity index is 1.56. The molecule has 1 N–H and O–H groups in total. The molecule has 0 unspecified atom stereocenters. The number of hydrogen-bond acceptors (Lipinski definition) is 5. The number of halogens is 2. The Kier molecular flexibility index (Phi) is 8.32. The number of hydrogen-bond donors (Lipinski definition) is 1. The van der Waals surface area contributed by atoms with Crippen LogP contribution in [0.5, 0.6) is 17.2 Å². The van der Waals surface area contributed by atoms with Crippen LogP contribution < -0.4 is 19.6 Å². The second-order valence-electron chi connectivity index (χ2n) is 6.34. The molecule has 0 aliphatic heterocycles. The average Bonchev–Trinajstić information content (AvgIpc) is 2.78. The molecule has 0 heterocycles. The minimum atomic E-state index is -0.389. The summed E-state index contributed by atoms with van der Waals surface area (Å²) in [6.07, 6.45) is 1.51. The Labute approximate surface area is 193 Å². The molecular weight excluding hydrogens is 484 g/mol. The second-order valence-corrected chi connectivity index (χ2v) is 7.63. The summed E-state index contributed by atoms with van der Waals surface area (Å²) in [7, 11) is 1.56. The summed E-state index contributed by atoms with van der Waals surface area (Å²) in [4.78, 5) is 11.9. The van der Waals surface area contributed by atoms with Gasteiger partial charge in [-0.25, -0.2) is 5.43 Å². The number of carbonyl (C=O) groups is 1. The zero-order chi connectivity index (χ0) is 22.1. The van der Waals surface area contributed by atoms with Crippen LogP contribution in [0.3, 0.4) is 0 Å². The first-order chi connectivity index (χ1) is 15.0. The van der Waals surface area contributed by atoms with Crippen LogP contribution >= 0.6 is 27.5 Å². The van der Waals surface area contributed by atoms with Crippen molar-refractivity contribution in [3.8, 4) is 17.2 Å². The quantitative estimate of drug-likeness (QED) is 0.321. The van der Waals surface area contributed by atoms with E-state index in [4.69, 9.17) is 25.8 Å². The summed E-state index contributed by atoms with van der Waals surface area (Å²) in [6.45, 7) is 0.241. The molecule has 0 saturated carbocycles. The number of carbonyl (C=O) groups excluding carboxylic acids is 1. The lowest BCUT2D eigenvalue weighted by Crippen LogP contribution is -2.24. The maximum atomic E-state index is 11.9. The van der Waals surface area contributed by atoms with Gasteiger partial charge in [-0.3, -0.25) is 4.79 Å². The van der Waals surface area contributed by atoms with Crippen LogP contribution in [0.2, 0.25) is 5.02 Å². The molecule has 0 aliphatic carbocycles. The van der Waals surface area contributed by atoms with Gasteiger partial charge in [-0.15, -0.1) is 0 Å². The molecule has 0 fully saturated rings. The summed E-state index contributed by atoms with van der Waals surface area (Å²) in [6, 6.07) is 20.2. The van der Waals surface area contributed by atoms with Crippen LogP contribution in [-0.2, 0) is 11.4 Å². The fourth-order valence-corrected chi connectivity index (χ4v) is 3.28. The number of benzene rings is 3. The van der Waals surface area contributed by atoms with Crippen LogP contribution in [0.4, 0.5) is 0 Å². The summed E-state index contributed by atoms with van der Waals surface area (Å²) < 4.78 is 17.4. The monoisotopic (exact) mass is 502 g/mol. The number of rotatable bonds is 9. The van der Waals surface area contributed by atoms with Crippen molar-refractivity contribution in [2.45, 2.75) is 6.61 Å². The molecule has 8 heteroatoms. The lowest BCUT2D eigenvalue weighted by atomic mass is 10.2. The molecule has 0 spiro atoms. The lowest BCUT2D eigenvalue weighted by molar-refractivity contribution is -0.123. The normalized spacial score (nSPS) is 10.7. The first kappa shape index (κ1) is 22.7. The standard InChI is InChI=1S/C23H20BrClN2O4/c1-29-21-12-17(11-20(24)23(21)31-14-16-5-3-2-4-6-16)13-26-27-22(28)15-30-19-9-7-18(25)8-10-19/h2-13H,14-15H2,1H3,(H,27,28)/b26-13-. The van der Waals surface area contributed by atoms with Crippen molar-refractivity contribution < 1.29 is 19.0 Å². The minimum Gasteiger partial charge on any atom is -0.493 e. The molecule has 0 saturated heterocycles. The third-order valence-electron chi connectivity index (χ3n) is 4.06. The number of amides is 1. The van der Waals surface area contributed by atoms with E-state index in [2.05, 4.69) is 26.5 Å². The summed E-state index contributed by atoms with van der Waals surface area (Å²) in [5, 5.41) is 4.56. The van der Waals surface area contributed by atoms with Crippen LogP contribution in [0.25, 0.3) is 0 Å². The van der Waals surface area contributed by atoms with Crippen molar-refractivity contribution in [2.24, 2.45) is 5.10 Å². The second kappa shape index (κ2) is 11.4. The molecule has 0 aromatic heterocycles. The Bertz CT molecular complexity index is 1040. The Morgan fingerprint density at radius 2 is 1.84 bits per heavy atom. The predicted molar refractivity (Wildman–Crippen MR) is 124 cm³/mol. The lowest BCUT2D eigenvalue weighted by Gasteiger charge is -2.13. The molecule has 160 valence electrons. The van der Waals surface area contributed by atoms with Crippen molar-refractivity contribution in [3.05, 3.63) is 87.4 Å². The molecule has 0 aliphatic rings. The van der Waals surface area contributed by atoms with E-state index in [9.17, 15) is 4.79 Å². The molecule has 0 radical (unpaired) electrons. The van der Waals surface area contributed by atoms with Crippen LogP contribution in [0.15, 0.2) is 76.3 Å². The van der Waals surface area contributed by atoms with Crippen LogP contribution in [0, 0.1) is 0 Å².